The number of anilines is 1. The molecule has 2 unspecified atom stereocenters. The first-order valence-corrected chi connectivity index (χ1v) is 12.4. The van der Waals surface area contributed by atoms with Crippen molar-refractivity contribution in [2.75, 3.05) is 18.9 Å². The van der Waals surface area contributed by atoms with Gasteiger partial charge in [0.25, 0.3) is 0 Å². The lowest BCUT2D eigenvalue weighted by atomic mass is 10.1. The fourth-order valence-electron chi connectivity index (χ4n) is 3.44. The molecule has 0 saturated carbocycles. The summed E-state index contributed by atoms with van der Waals surface area (Å²) in [7, 11) is -1.28. The van der Waals surface area contributed by atoms with Gasteiger partial charge in [0.2, 0.25) is 33.6 Å². The number of rotatable bonds is 9. The lowest BCUT2D eigenvalue weighted by molar-refractivity contribution is 0.368. The van der Waals surface area contributed by atoms with Crippen molar-refractivity contribution in [3.63, 3.8) is 0 Å². The third-order valence-corrected chi connectivity index (χ3v) is 7.48. The minimum atomic E-state index is -4.08. The van der Waals surface area contributed by atoms with Crippen LogP contribution in [0.25, 0.3) is 17.3 Å². The fraction of sp³-hybridized carbons (Fsp3) is 0.318. The Morgan fingerprint density at radius 1 is 1.05 bits per heavy atom. The van der Waals surface area contributed by atoms with E-state index in [4.69, 9.17) is 19.2 Å². The summed E-state index contributed by atoms with van der Waals surface area (Å²) in [6.07, 6.45) is 3.93. The zero-order chi connectivity index (χ0) is 26.7. The Morgan fingerprint density at radius 2 is 1.70 bits per heavy atom. The van der Waals surface area contributed by atoms with Crippen LogP contribution < -0.4 is 14.2 Å². The summed E-state index contributed by atoms with van der Waals surface area (Å²) in [5, 5.41) is 16.2. The normalized spacial score (nSPS) is 13.0. The van der Waals surface area contributed by atoms with Crippen LogP contribution in [-0.2, 0) is 10.0 Å². The van der Waals surface area contributed by atoms with Gasteiger partial charge in [-0.2, -0.15) is 15.2 Å². The van der Waals surface area contributed by atoms with Gasteiger partial charge >= 0.3 is 0 Å². The molecule has 0 fully saturated rings. The Bertz CT molecular complexity index is 1540. The molecule has 4 aromatic heterocycles. The number of hydrogen-bond acceptors (Lipinski definition) is 12. The average Bonchev–Trinajstić information content (AvgIpc) is 3.52. The van der Waals surface area contributed by atoms with Gasteiger partial charge in [0.05, 0.1) is 25.0 Å². The van der Waals surface area contributed by atoms with E-state index in [0.29, 0.717) is 11.5 Å². The van der Waals surface area contributed by atoms with Gasteiger partial charge in [-0.05, 0) is 26.0 Å². The summed E-state index contributed by atoms with van der Waals surface area (Å²) in [6.45, 7) is 4.94. The van der Waals surface area contributed by atoms with Crippen LogP contribution in [0.3, 0.4) is 0 Å². The lowest BCUT2D eigenvalue weighted by Crippen LogP contribution is -2.31. The number of hydrogen-bond donors (Lipinski definition) is 1. The zero-order valence-corrected chi connectivity index (χ0v) is 21.4. The van der Waals surface area contributed by atoms with E-state index in [9.17, 15) is 8.42 Å². The summed E-state index contributed by atoms with van der Waals surface area (Å²) in [4.78, 5) is 16.5. The van der Waals surface area contributed by atoms with Crippen LogP contribution in [0.15, 0.2) is 35.3 Å². The van der Waals surface area contributed by atoms with Crippen molar-refractivity contribution in [3.8, 4) is 35.1 Å². The molecular weight excluding hydrogens is 502 g/mol. The lowest BCUT2D eigenvalue weighted by Gasteiger charge is -2.20. The third kappa shape index (κ3) is 4.91. The summed E-state index contributed by atoms with van der Waals surface area (Å²) >= 11 is 0. The molecule has 0 spiro atoms. The van der Waals surface area contributed by atoms with Gasteiger partial charge in [0.15, 0.2) is 11.4 Å². The number of ether oxygens (including phenoxy) is 2. The third-order valence-electron chi connectivity index (χ3n) is 5.62. The van der Waals surface area contributed by atoms with E-state index in [1.54, 1.807) is 26.0 Å². The predicted octanol–water partition coefficient (Wildman–Crippen LogP) is 2.24. The predicted molar refractivity (Wildman–Crippen MR) is 130 cm³/mol. The Balaban J connectivity index is 1.79. The SMILES string of the molecule is COc1ncnc(OC)c1-n1c(NS(=O)(=O)C(C)C(C)c2ncc(C#N)cn2)nnc1-c1ccc(C)o1. The molecule has 0 aromatic carbocycles. The van der Waals surface area contributed by atoms with E-state index >= 15 is 0 Å². The van der Waals surface area contributed by atoms with Gasteiger partial charge in [-0.1, -0.05) is 6.92 Å². The number of nitrogens with one attached hydrogen (secondary N) is 1. The second-order valence-electron chi connectivity index (χ2n) is 7.92. The summed E-state index contributed by atoms with van der Waals surface area (Å²) in [5.41, 5.74) is 0.432. The molecule has 0 radical (unpaired) electrons. The number of furan rings is 1. The topological polar surface area (TPSA) is 184 Å². The van der Waals surface area contributed by atoms with Crippen LogP contribution in [0, 0.1) is 18.3 Å². The molecule has 0 aliphatic carbocycles. The zero-order valence-electron chi connectivity index (χ0n) is 20.6. The maximum Gasteiger partial charge on any atom is 0.245 e. The maximum absolute atomic E-state index is 13.5. The quantitative estimate of drug-likeness (QED) is 0.336. The Labute approximate surface area is 212 Å². The first-order valence-electron chi connectivity index (χ1n) is 10.9. The van der Waals surface area contributed by atoms with Crippen molar-refractivity contribution < 1.29 is 22.3 Å². The van der Waals surface area contributed by atoms with Gasteiger partial charge in [-0.3, -0.25) is 4.72 Å². The van der Waals surface area contributed by atoms with E-state index in [2.05, 4.69) is 34.9 Å². The highest BCUT2D eigenvalue weighted by molar-refractivity contribution is 7.93. The molecule has 0 saturated heterocycles. The number of methoxy groups -OCH3 is 2. The summed E-state index contributed by atoms with van der Waals surface area (Å²) in [6, 6.07) is 5.33. The summed E-state index contributed by atoms with van der Waals surface area (Å²) in [5.74, 6) is 0.732. The molecule has 4 rings (SSSR count). The number of sulfonamides is 1. The molecule has 192 valence electrons. The maximum atomic E-state index is 13.5. The fourth-order valence-corrected chi connectivity index (χ4v) is 4.68. The number of nitrogens with zero attached hydrogens (tertiary/aromatic N) is 8. The smallest absolute Gasteiger partial charge is 0.245 e. The minimum absolute atomic E-state index is 0.0871. The van der Waals surface area contributed by atoms with Crippen LogP contribution in [0.1, 0.15) is 36.9 Å². The molecule has 0 aliphatic heterocycles. The van der Waals surface area contributed by atoms with Crippen molar-refractivity contribution in [1.29, 1.82) is 5.26 Å². The van der Waals surface area contributed by atoms with Crippen molar-refractivity contribution >= 4 is 16.0 Å². The van der Waals surface area contributed by atoms with Crippen LogP contribution >= 0.6 is 0 Å². The molecule has 2 atom stereocenters. The highest BCUT2D eigenvalue weighted by Crippen LogP contribution is 2.36. The standard InChI is InChI=1S/C22H23N9O5S/c1-12-6-7-16(36-12)19-28-29-22(31(19)17-20(34-4)26-11-27-21(17)35-5)30-37(32,33)14(3)13(2)18-24-9-15(8-23)10-25-18/h6-7,9-11,13-14H,1-5H3,(H,29,30). The molecule has 0 amide bonds. The van der Waals surface area contributed by atoms with Crippen molar-refractivity contribution in [2.24, 2.45) is 0 Å². The van der Waals surface area contributed by atoms with E-state index in [1.807, 2.05) is 6.07 Å². The molecule has 15 heteroatoms. The van der Waals surface area contributed by atoms with Crippen LogP contribution in [0.5, 0.6) is 11.8 Å². The van der Waals surface area contributed by atoms with Crippen LogP contribution in [0.2, 0.25) is 0 Å². The minimum Gasteiger partial charge on any atom is -0.479 e. The first kappa shape index (κ1) is 25.5. The van der Waals surface area contributed by atoms with Crippen LogP contribution in [-0.4, -0.2) is 62.6 Å². The van der Waals surface area contributed by atoms with E-state index in [-0.39, 0.29) is 40.6 Å². The summed E-state index contributed by atoms with van der Waals surface area (Å²) < 4.78 is 47.3. The molecule has 0 aliphatic rings. The van der Waals surface area contributed by atoms with Gasteiger partial charge in [0, 0.05) is 18.3 Å². The van der Waals surface area contributed by atoms with Crippen LogP contribution in [0.4, 0.5) is 5.95 Å². The van der Waals surface area contributed by atoms with Crippen molar-refractivity contribution in [2.45, 2.75) is 31.9 Å². The van der Waals surface area contributed by atoms with Crippen molar-refractivity contribution in [1.82, 2.24) is 34.7 Å². The molecule has 0 bridgehead atoms. The van der Waals surface area contributed by atoms with E-state index < -0.39 is 21.2 Å². The molecule has 4 aromatic rings. The van der Waals surface area contributed by atoms with Gasteiger partial charge < -0.3 is 13.9 Å². The number of nitriles is 1. The number of aromatic nitrogens is 7. The second kappa shape index (κ2) is 10.2. The Morgan fingerprint density at radius 3 is 2.24 bits per heavy atom. The highest BCUT2D eigenvalue weighted by atomic mass is 32.2. The van der Waals surface area contributed by atoms with Gasteiger partial charge in [0.1, 0.15) is 24.0 Å². The second-order valence-corrected chi connectivity index (χ2v) is 9.95. The average molecular weight is 526 g/mol. The first-order chi connectivity index (χ1) is 17.7. The number of aryl methyl sites for hydroxylation is 1. The highest BCUT2D eigenvalue weighted by Gasteiger charge is 2.33. The van der Waals surface area contributed by atoms with E-state index in [1.165, 1.54) is 44.4 Å². The molecule has 4 heterocycles. The Kier molecular flexibility index (Phi) is 7.02. The monoisotopic (exact) mass is 525 g/mol. The van der Waals surface area contributed by atoms with Crippen molar-refractivity contribution in [3.05, 3.63) is 48.0 Å². The van der Waals surface area contributed by atoms with Gasteiger partial charge in [-0.15, -0.1) is 10.2 Å². The molecule has 14 nitrogen and oxygen atoms in total. The molecule has 1 N–H and O–H groups in total. The van der Waals surface area contributed by atoms with Gasteiger partial charge in [-0.25, -0.2) is 23.0 Å². The van der Waals surface area contributed by atoms with E-state index in [0.717, 1.165) is 0 Å². The Hall–Kier alpha value is -4.58. The molecular formula is C22H23N9O5S. The largest absolute Gasteiger partial charge is 0.479 e. The molecule has 37 heavy (non-hydrogen) atoms.